The SMILES string of the molecule is Cc1nn2cnnc2c(N2CCC(N3CCSCC3)CC2)c1C. The van der Waals surface area contributed by atoms with Gasteiger partial charge in [-0.25, -0.2) is 0 Å². The number of anilines is 1. The molecule has 2 fully saturated rings. The van der Waals surface area contributed by atoms with E-state index in [1.54, 1.807) is 6.33 Å². The maximum atomic E-state index is 4.53. The molecule has 0 bridgehead atoms. The number of rotatable bonds is 2. The molecule has 6 nitrogen and oxygen atoms in total. The van der Waals surface area contributed by atoms with Crippen molar-refractivity contribution in [3.63, 3.8) is 0 Å². The van der Waals surface area contributed by atoms with Gasteiger partial charge >= 0.3 is 0 Å². The summed E-state index contributed by atoms with van der Waals surface area (Å²) in [4.78, 5) is 5.19. The lowest BCUT2D eigenvalue weighted by atomic mass is 10.0. The normalized spacial score (nSPS) is 21.2. The van der Waals surface area contributed by atoms with Gasteiger partial charge in [-0.2, -0.15) is 21.4 Å². The van der Waals surface area contributed by atoms with Crippen molar-refractivity contribution < 1.29 is 0 Å². The van der Waals surface area contributed by atoms with Gasteiger partial charge in [-0.3, -0.25) is 4.90 Å². The third-order valence-corrected chi connectivity index (χ3v) is 6.18. The lowest BCUT2D eigenvalue weighted by Crippen LogP contribution is -2.48. The van der Waals surface area contributed by atoms with Crippen LogP contribution >= 0.6 is 11.8 Å². The van der Waals surface area contributed by atoms with Crippen LogP contribution in [0.15, 0.2) is 6.33 Å². The molecule has 0 atom stereocenters. The fourth-order valence-electron chi connectivity index (χ4n) is 3.81. The topological polar surface area (TPSA) is 49.6 Å². The van der Waals surface area contributed by atoms with E-state index in [0.717, 1.165) is 30.5 Å². The van der Waals surface area contributed by atoms with E-state index in [-0.39, 0.29) is 0 Å². The Kier molecular flexibility index (Phi) is 4.15. The van der Waals surface area contributed by atoms with Crippen molar-refractivity contribution in [3.8, 4) is 0 Å². The van der Waals surface area contributed by atoms with Gasteiger partial charge in [0.2, 0.25) is 5.65 Å². The van der Waals surface area contributed by atoms with Gasteiger partial charge in [0.15, 0.2) is 0 Å². The standard InChI is InChI=1S/C16H24N6S/c1-12-13(2)19-22-11-17-18-16(22)15(12)21-5-3-14(4-6-21)20-7-9-23-10-8-20/h11,14H,3-10H2,1-2H3. The van der Waals surface area contributed by atoms with Crippen LogP contribution < -0.4 is 4.90 Å². The third kappa shape index (κ3) is 2.80. The number of aryl methyl sites for hydroxylation is 1. The fraction of sp³-hybridized carbons (Fsp3) is 0.688. The summed E-state index contributed by atoms with van der Waals surface area (Å²) in [5.74, 6) is 2.59. The molecule has 2 aromatic heterocycles. The highest BCUT2D eigenvalue weighted by Gasteiger charge is 2.28. The van der Waals surface area contributed by atoms with Crippen molar-refractivity contribution in [1.82, 2.24) is 24.7 Å². The Morgan fingerprint density at radius 2 is 1.83 bits per heavy atom. The molecule has 0 radical (unpaired) electrons. The third-order valence-electron chi connectivity index (χ3n) is 5.24. The van der Waals surface area contributed by atoms with E-state index in [1.165, 1.54) is 48.7 Å². The Hall–Kier alpha value is -1.34. The number of thioether (sulfide) groups is 1. The first-order valence-electron chi connectivity index (χ1n) is 8.48. The van der Waals surface area contributed by atoms with Gasteiger partial charge in [0.1, 0.15) is 6.33 Å². The van der Waals surface area contributed by atoms with Crippen LogP contribution in [0.3, 0.4) is 0 Å². The molecule has 4 rings (SSSR count). The maximum Gasteiger partial charge on any atom is 0.201 e. The number of nitrogens with zero attached hydrogens (tertiary/aromatic N) is 6. The number of hydrogen-bond donors (Lipinski definition) is 0. The second-order valence-electron chi connectivity index (χ2n) is 6.52. The summed E-state index contributed by atoms with van der Waals surface area (Å²) in [5, 5.41) is 12.9. The van der Waals surface area contributed by atoms with E-state index >= 15 is 0 Å². The van der Waals surface area contributed by atoms with Crippen LogP contribution in [0.1, 0.15) is 24.1 Å². The zero-order chi connectivity index (χ0) is 15.8. The van der Waals surface area contributed by atoms with Crippen molar-refractivity contribution >= 4 is 23.1 Å². The van der Waals surface area contributed by atoms with Crippen LogP contribution in [0.2, 0.25) is 0 Å². The van der Waals surface area contributed by atoms with E-state index < -0.39 is 0 Å². The summed E-state index contributed by atoms with van der Waals surface area (Å²) in [6.07, 6.45) is 4.18. The monoisotopic (exact) mass is 332 g/mol. The zero-order valence-electron chi connectivity index (χ0n) is 13.9. The van der Waals surface area contributed by atoms with Gasteiger partial charge in [0.25, 0.3) is 0 Å². The summed E-state index contributed by atoms with van der Waals surface area (Å²) in [6, 6.07) is 0.754. The van der Waals surface area contributed by atoms with Gasteiger partial charge in [-0.15, -0.1) is 10.2 Å². The summed E-state index contributed by atoms with van der Waals surface area (Å²) in [6.45, 7) is 8.94. The highest BCUT2D eigenvalue weighted by molar-refractivity contribution is 7.99. The van der Waals surface area contributed by atoms with Gasteiger partial charge in [0, 0.05) is 43.7 Å². The molecule has 7 heteroatoms. The minimum atomic E-state index is 0.754. The Balaban J connectivity index is 1.54. The fourth-order valence-corrected chi connectivity index (χ4v) is 4.74. The van der Waals surface area contributed by atoms with Crippen molar-refractivity contribution in [2.45, 2.75) is 32.7 Å². The lowest BCUT2D eigenvalue weighted by molar-refractivity contribution is 0.186. The molecule has 4 heterocycles. The smallest absolute Gasteiger partial charge is 0.201 e. The van der Waals surface area contributed by atoms with Crippen LogP contribution in [-0.4, -0.2) is 68.4 Å². The number of hydrogen-bond acceptors (Lipinski definition) is 6. The minimum absolute atomic E-state index is 0.754. The van der Waals surface area contributed by atoms with Crippen molar-refractivity contribution in [1.29, 1.82) is 0 Å². The predicted octanol–water partition coefficient (Wildman–Crippen LogP) is 1.76. The molecule has 0 spiro atoms. The van der Waals surface area contributed by atoms with Crippen LogP contribution in [0.25, 0.3) is 5.65 Å². The molecule has 0 amide bonds. The van der Waals surface area contributed by atoms with Gasteiger partial charge in [0.05, 0.1) is 11.4 Å². The summed E-state index contributed by atoms with van der Waals surface area (Å²) in [5.41, 5.74) is 4.41. The molecule has 2 aliphatic heterocycles. The molecular formula is C16H24N6S. The summed E-state index contributed by atoms with van der Waals surface area (Å²) < 4.78 is 1.81. The van der Waals surface area contributed by atoms with E-state index in [2.05, 4.69) is 50.7 Å². The Morgan fingerprint density at radius 1 is 1.09 bits per heavy atom. The predicted molar refractivity (Wildman–Crippen MR) is 94.4 cm³/mol. The van der Waals surface area contributed by atoms with E-state index in [1.807, 2.05) is 4.52 Å². The first-order valence-corrected chi connectivity index (χ1v) is 9.63. The van der Waals surface area contributed by atoms with Gasteiger partial charge in [-0.05, 0) is 32.3 Å². The average Bonchev–Trinajstić information content (AvgIpc) is 3.05. The van der Waals surface area contributed by atoms with Crippen LogP contribution in [0.4, 0.5) is 5.69 Å². The van der Waals surface area contributed by atoms with Crippen molar-refractivity contribution in [2.24, 2.45) is 0 Å². The molecule has 124 valence electrons. The van der Waals surface area contributed by atoms with Crippen molar-refractivity contribution in [2.75, 3.05) is 42.6 Å². The van der Waals surface area contributed by atoms with Crippen LogP contribution in [0, 0.1) is 13.8 Å². The molecule has 0 aliphatic carbocycles. The summed E-state index contributed by atoms with van der Waals surface area (Å²) >= 11 is 2.09. The molecule has 0 saturated carbocycles. The first kappa shape index (κ1) is 15.2. The second kappa shape index (κ2) is 6.28. The summed E-state index contributed by atoms with van der Waals surface area (Å²) in [7, 11) is 0. The van der Waals surface area contributed by atoms with Crippen molar-refractivity contribution in [3.05, 3.63) is 17.6 Å². The van der Waals surface area contributed by atoms with E-state index in [9.17, 15) is 0 Å². The minimum Gasteiger partial charge on any atom is -0.368 e. The molecule has 2 saturated heterocycles. The maximum absolute atomic E-state index is 4.53. The van der Waals surface area contributed by atoms with Crippen LogP contribution in [0.5, 0.6) is 0 Å². The molecule has 2 aromatic rings. The highest BCUT2D eigenvalue weighted by atomic mass is 32.2. The average molecular weight is 332 g/mol. The molecule has 0 N–H and O–H groups in total. The zero-order valence-corrected chi connectivity index (χ0v) is 14.7. The van der Waals surface area contributed by atoms with E-state index in [0.29, 0.717) is 0 Å². The number of fused-ring (bicyclic) bond motifs is 1. The van der Waals surface area contributed by atoms with Gasteiger partial charge < -0.3 is 4.90 Å². The molecule has 2 aliphatic rings. The Labute approximate surface area is 141 Å². The van der Waals surface area contributed by atoms with Gasteiger partial charge in [-0.1, -0.05) is 0 Å². The molecule has 0 unspecified atom stereocenters. The lowest BCUT2D eigenvalue weighted by Gasteiger charge is -2.41. The Morgan fingerprint density at radius 3 is 2.57 bits per heavy atom. The quantitative estimate of drug-likeness (QED) is 0.835. The Bertz CT molecular complexity index is 685. The number of aromatic nitrogens is 4. The first-order chi connectivity index (χ1) is 11.2. The second-order valence-corrected chi connectivity index (χ2v) is 7.75. The molecular weight excluding hydrogens is 308 g/mol. The number of piperidine rings is 1. The molecule has 0 aromatic carbocycles. The molecule has 23 heavy (non-hydrogen) atoms. The van der Waals surface area contributed by atoms with E-state index in [4.69, 9.17) is 0 Å². The largest absolute Gasteiger partial charge is 0.368 e. The van der Waals surface area contributed by atoms with Crippen LogP contribution in [-0.2, 0) is 0 Å². The highest BCUT2D eigenvalue weighted by Crippen LogP contribution is 2.30.